The lowest BCUT2D eigenvalue weighted by Crippen LogP contribution is -2.33. The van der Waals surface area contributed by atoms with Crippen molar-refractivity contribution < 1.29 is 13.5 Å². The number of sulfonamides is 1. The average Bonchev–Trinajstić information content (AvgIpc) is 2.05. The van der Waals surface area contributed by atoms with E-state index in [1.165, 1.54) is 4.31 Å². The lowest BCUT2D eigenvalue weighted by atomic mass is 10.4. The maximum absolute atomic E-state index is 11.3. The lowest BCUT2D eigenvalue weighted by Gasteiger charge is -2.18. The molecule has 74 valence electrons. The molecule has 0 aliphatic rings. The van der Waals surface area contributed by atoms with Crippen molar-refractivity contribution in [3.8, 4) is 0 Å². The standard InChI is InChI=1S/C7H17NO3S/c1-3-8(6-5-7-9)12(10,11)4-2/h9H,3-7H2,1-2H3. The van der Waals surface area contributed by atoms with Crippen LogP contribution >= 0.6 is 0 Å². The predicted octanol–water partition coefficient (Wildman–Crippen LogP) is 0.0404. The molecule has 0 saturated heterocycles. The molecular formula is C7H17NO3S. The van der Waals surface area contributed by atoms with Gasteiger partial charge in [0.25, 0.3) is 0 Å². The van der Waals surface area contributed by atoms with E-state index in [0.717, 1.165) is 0 Å². The fourth-order valence-corrected chi connectivity index (χ4v) is 2.09. The summed E-state index contributed by atoms with van der Waals surface area (Å²) in [6.07, 6.45) is 0.507. The minimum atomic E-state index is -3.06. The van der Waals surface area contributed by atoms with E-state index in [2.05, 4.69) is 0 Å². The van der Waals surface area contributed by atoms with Crippen molar-refractivity contribution in [2.45, 2.75) is 20.3 Å². The molecule has 0 spiro atoms. The predicted molar refractivity (Wildman–Crippen MR) is 48.4 cm³/mol. The molecule has 0 aromatic heterocycles. The van der Waals surface area contributed by atoms with Crippen LogP contribution in [-0.4, -0.2) is 43.3 Å². The molecule has 0 fully saturated rings. The minimum Gasteiger partial charge on any atom is -0.396 e. The molecule has 0 aliphatic carbocycles. The molecule has 0 heterocycles. The van der Waals surface area contributed by atoms with E-state index in [1.54, 1.807) is 13.8 Å². The van der Waals surface area contributed by atoms with Gasteiger partial charge in [0.1, 0.15) is 0 Å². The zero-order valence-electron chi connectivity index (χ0n) is 7.65. The van der Waals surface area contributed by atoms with Crippen molar-refractivity contribution in [1.82, 2.24) is 4.31 Å². The Morgan fingerprint density at radius 1 is 1.33 bits per heavy atom. The third-order valence-corrected chi connectivity index (χ3v) is 3.63. The highest BCUT2D eigenvalue weighted by molar-refractivity contribution is 7.89. The van der Waals surface area contributed by atoms with Gasteiger partial charge in [-0.05, 0) is 13.3 Å². The molecule has 0 unspecified atom stereocenters. The largest absolute Gasteiger partial charge is 0.396 e. The van der Waals surface area contributed by atoms with Gasteiger partial charge in [-0.15, -0.1) is 0 Å². The van der Waals surface area contributed by atoms with Gasteiger partial charge in [-0.1, -0.05) is 6.92 Å². The van der Waals surface area contributed by atoms with E-state index >= 15 is 0 Å². The van der Waals surface area contributed by atoms with Crippen LogP contribution in [0.15, 0.2) is 0 Å². The Hall–Kier alpha value is -0.130. The van der Waals surface area contributed by atoms with E-state index in [4.69, 9.17) is 5.11 Å². The SMILES string of the molecule is CCN(CCCO)S(=O)(=O)CC. The third kappa shape index (κ3) is 3.51. The number of aliphatic hydroxyl groups is 1. The van der Waals surface area contributed by atoms with Crippen molar-refractivity contribution in [2.24, 2.45) is 0 Å². The van der Waals surface area contributed by atoms with E-state index in [9.17, 15) is 8.42 Å². The second-order valence-corrected chi connectivity index (χ2v) is 4.73. The summed E-state index contributed by atoms with van der Waals surface area (Å²) in [6, 6.07) is 0. The normalized spacial score (nSPS) is 12.3. The van der Waals surface area contributed by atoms with E-state index in [0.29, 0.717) is 19.5 Å². The molecule has 4 nitrogen and oxygen atoms in total. The summed E-state index contributed by atoms with van der Waals surface area (Å²) in [6.45, 7) is 4.36. The Morgan fingerprint density at radius 3 is 2.25 bits per heavy atom. The molecule has 0 radical (unpaired) electrons. The van der Waals surface area contributed by atoms with Crippen LogP contribution < -0.4 is 0 Å². The monoisotopic (exact) mass is 195 g/mol. The van der Waals surface area contributed by atoms with Crippen molar-refractivity contribution >= 4 is 10.0 Å². The summed E-state index contributed by atoms with van der Waals surface area (Å²) in [7, 11) is -3.06. The van der Waals surface area contributed by atoms with Crippen LogP contribution in [0.1, 0.15) is 20.3 Å². The Bertz CT molecular complexity index is 201. The first-order valence-electron chi connectivity index (χ1n) is 4.17. The van der Waals surface area contributed by atoms with Crippen LogP contribution in [0.2, 0.25) is 0 Å². The van der Waals surface area contributed by atoms with Gasteiger partial charge in [-0.3, -0.25) is 0 Å². The molecule has 0 amide bonds. The van der Waals surface area contributed by atoms with Crippen molar-refractivity contribution in [3.05, 3.63) is 0 Å². The smallest absolute Gasteiger partial charge is 0.213 e. The quantitative estimate of drug-likeness (QED) is 0.651. The van der Waals surface area contributed by atoms with Crippen LogP contribution in [-0.2, 0) is 10.0 Å². The van der Waals surface area contributed by atoms with Crippen LogP contribution in [0.4, 0.5) is 0 Å². The van der Waals surface area contributed by atoms with Crippen LogP contribution in [0, 0.1) is 0 Å². The average molecular weight is 195 g/mol. The minimum absolute atomic E-state index is 0.0374. The van der Waals surface area contributed by atoms with Gasteiger partial charge in [-0.2, -0.15) is 0 Å². The Morgan fingerprint density at radius 2 is 1.92 bits per heavy atom. The summed E-state index contributed by atoms with van der Waals surface area (Å²) in [5.74, 6) is 0.131. The molecule has 1 N–H and O–H groups in total. The molecular weight excluding hydrogens is 178 g/mol. The summed E-state index contributed by atoms with van der Waals surface area (Å²) in [4.78, 5) is 0. The third-order valence-electron chi connectivity index (χ3n) is 1.68. The van der Waals surface area contributed by atoms with Gasteiger partial charge in [0.2, 0.25) is 10.0 Å². The lowest BCUT2D eigenvalue weighted by molar-refractivity contribution is 0.271. The highest BCUT2D eigenvalue weighted by Crippen LogP contribution is 2.01. The first-order valence-corrected chi connectivity index (χ1v) is 5.78. The molecule has 0 saturated carbocycles. The molecule has 0 rings (SSSR count). The fraction of sp³-hybridized carbons (Fsp3) is 1.00. The molecule has 0 aliphatic heterocycles. The van der Waals surface area contributed by atoms with Crippen LogP contribution in [0.25, 0.3) is 0 Å². The maximum atomic E-state index is 11.3. The highest BCUT2D eigenvalue weighted by atomic mass is 32.2. The second-order valence-electron chi connectivity index (χ2n) is 2.47. The molecule has 0 aromatic rings. The highest BCUT2D eigenvalue weighted by Gasteiger charge is 2.16. The summed E-state index contributed by atoms with van der Waals surface area (Å²) in [5.41, 5.74) is 0. The number of nitrogens with zero attached hydrogens (tertiary/aromatic N) is 1. The van der Waals surface area contributed by atoms with Crippen LogP contribution in [0.5, 0.6) is 0 Å². The first kappa shape index (κ1) is 11.9. The van der Waals surface area contributed by atoms with Gasteiger partial charge in [0.05, 0.1) is 5.75 Å². The van der Waals surface area contributed by atoms with Gasteiger partial charge in [0, 0.05) is 19.7 Å². The van der Waals surface area contributed by atoms with Crippen molar-refractivity contribution in [3.63, 3.8) is 0 Å². The Balaban J connectivity index is 4.15. The van der Waals surface area contributed by atoms with Gasteiger partial charge in [0.15, 0.2) is 0 Å². The number of rotatable bonds is 6. The maximum Gasteiger partial charge on any atom is 0.213 e. The number of hydrogen-bond acceptors (Lipinski definition) is 3. The fourth-order valence-electron chi connectivity index (χ4n) is 0.924. The zero-order chi connectivity index (χ0) is 9.61. The number of hydrogen-bond donors (Lipinski definition) is 1. The van der Waals surface area contributed by atoms with Gasteiger partial charge in [-0.25, -0.2) is 12.7 Å². The zero-order valence-corrected chi connectivity index (χ0v) is 8.47. The van der Waals surface area contributed by atoms with Crippen molar-refractivity contribution in [2.75, 3.05) is 25.4 Å². The van der Waals surface area contributed by atoms with E-state index in [-0.39, 0.29) is 12.4 Å². The molecule has 0 bridgehead atoms. The van der Waals surface area contributed by atoms with Crippen LogP contribution in [0.3, 0.4) is 0 Å². The Labute approximate surface area is 74.2 Å². The van der Waals surface area contributed by atoms with Gasteiger partial charge >= 0.3 is 0 Å². The van der Waals surface area contributed by atoms with E-state index in [1.807, 2.05) is 0 Å². The molecule has 0 atom stereocenters. The summed E-state index contributed by atoms with van der Waals surface area (Å²) in [5, 5.41) is 8.53. The second kappa shape index (κ2) is 5.50. The Kier molecular flexibility index (Phi) is 5.44. The summed E-state index contributed by atoms with van der Waals surface area (Å²) >= 11 is 0. The van der Waals surface area contributed by atoms with E-state index < -0.39 is 10.0 Å². The van der Waals surface area contributed by atoms with Gasteiger partial charge < -0.3 is 5.11 Å². The molecule has 0 aromatic carbocycles. The first-order chi connectivity index (χ1) is 5.58. The summed E-state index contributed by atoms with van der Waals surface area (Å²) < 4.78 is 24.0. The van der Waals surface area contributed by atoms with Crippen molar-refractivity contribution in [1.29, 1.82) is 0 Å². The number of aliphatic hydroxyl groups excluding tert-OH is 1. The molecule has 12 heavy (non-hydrogen) atoms. The molecule has 5 heteroatoms. The topological polar surface area (TPSA) is 57.6 Å².